The van der Waals surface area contributed by atoms with Gasteiger partial charge in [0.25, 0.3) is 0 Å². The van der Waals surface area contributed by atoms with E-state index < -0.39 is 0 Å². The molecule has 1 saturated carbocycles. The fourth-order valence-corrected chi connectivity index (χ4v) is 3.75. The molecule has 3 heteroatoms. The number of rotatable bonds is 10. The number of hydrogen-bond acceptors (Lipinski definition) is 3. The van der Waals surface area contributed by atoms with E-state index in [9.17, 15) is 0 Å². The van der Waals surface area contributed by atoms with Crippen molar-refractivity contribution < 1.29 is 0 Å². The van der Waals surface area contributed by atoms with Gasteiger partial charge in [0.05, 0.1) is 0 Å². The fraction of sp³-hybridized carbons (Fsp3) is 1.00. The number of nitrogens with two attached hydrogens (primary N) is 2. The molecule has 19 heavy (non-hydrogen) atoms. The van der Waals surface area contributed by atoms with Crippen molar-refractivity contribution in [2.24, 2.45) is 29.2 Å². The summed E-state index contributed by atoms with van der Waals surface area (Å²) in [7, 11) is 2.05. The Hall–Kier alpha value is -0.120. The monoisotopic (exact) mass is 269 g/mol. The van der Waals surface area contributed by atoms with E-state index in [0.29, 0.717) is 0 Å². The molecule has 3 nitrogen and oxygen atoms in total. The third-order valence-corrected chi connectivity index (χ3v) is 4.85. The zero-order valence-electron chi connectivity index (χ0n) is 12.9. The molecule has 0 aromatic carbocycles. The van der Waals surface area contributed by atoms with Gasteiger partial charge in [-0.05, 0) is 95.8 Å². The van der Waals surface area contributed by atoms with E-state index >= 15 is 0 Å². The molecule has 0 saturated heterocycles. The van der Waals surface area contributed by atoms with Crippen LogP contribution in [0.4, 0.5) is 0 Å². The fourth-order valence-electron chi connectivity index (χ4n) is 3.75. The topological polar surface area (TPSA) is 64.1 Å². The van der Waals surface area contributed by atoms with Crippen LogP contribution in [0.3, 0.4) is 0 Å². The largest absolute Gasteiger partial charge is 0.330 e. The molecule has 5 N–H and O–H groups in total. The van der Waals surface area contributed by atoms with Crippen molar-refractivity contribution in [3.8, 4) is 0 Å². The minimum atomic E-state index is 0.852. The minimum Gasteiger partial charge on any atom is -0.330 e. The first kappa shape index (κ1) is 16.9. The molecule has 0 heterocycles. The first-order chi connectivity index (χ1) is 9.31. The lowest BCUT2D eigenvalue weighted by atomic mass is 9.69. The molecule has 114 valence electrons. The van der Waals surface area contributed by atoms with Crippen LogP contribution in [0.1, 0.15) is 57.8 Å². The first-order valence-electron chi connectivity index (χ1n) is 8.36. The van der Waals surface area contributed by atoms with E-state index in [1.807, 2.05) is 7.05 Å². The Morgan fingerprint density at radius 1 is 0.895 bits per heavy atom. The molecule has 1 aliphatic rings. The van der Waals surface area contributed by atoms with Gasteiger partial charge in [0.1, 0.15) is 0 Å². The lowest BCUT2D eigenvalue weighted by molar-refractivity contribution is 0.150. The highest BCUT2D eigenvalue weighted by atomic mass is 14.8. The molecule has 3 atom stereocenters. The van der Waals surface area contributed by atoms with Crippen molar-refractivity contribution in [1.82, 2.24) is 5.32 Å². The van der Waals surface area contributed by atoms with Crippen LogP contribution < -0.4 is 16.8 Å². The Labute approximate surface area is 119 Å². The lowest BCUT2D eigenvalue weighted by Gasteiger charge is -2.36. The third kappa shape index (κ3) is 6.73. The van der Waals surface area contributed by atoms with E-state index in [2.05, 4.69) is 5.32 Å². The first-order valence-corrected chi connectivity index (χ1v) is 8.36. The SMILES string of the molecule is CNCCCC1CCC(CCCN)C(CCCN)C1. The second kappa shape index (κ2) is 10.6. The van der Waals surface area contributed by atoms with Gasteiger partial charge >= 0.3 is 0 Å². The van der Waals surface area contributed by atoms with Crippen molar-refractivity contribution >= 4 is 0 Å². The Morgan fingerprint density at radius 2 is 1.58 bits per heavy atom. The average molecular weight is 269 g/mol. The van der Waals surface area contributed by atoms with Crippen molar-refractivity contribution in [2.45, 2.75) is 57.8 Å². The average Bonchev–Trinajstić information content (AvgIpc) is 2.44. The molecule has 0 aromatic rings. The molecule has 0 aliphatic heterocycles. The van der Waals surface area contributed by atoms with Crippen molar-refractivity contribution in [3.05, 3.63) is 0 Å². The van der Waals surface area contributed by atoms with Gasteiger partial charge in [-0.3, -0.25) is 0 Å². The molecule has 0 spiro atoms. The van der Waals surface area contributed by atoms with E-state index in [0.717, 1.165) is 30.8 Å². The molecule has 0 aromatic heterocycles. The van der Waals surface area contributed by atoms with Gasteiger partial charge in [0.2, 0.25) is 0 Å². The number of hydrogen-bond donors (Lipinski definition) is 3. The maximum Gasteiger partial charge on any atom is -0.00518 e. The maximum absolute atomic E-state index is 5.70. The molecule has 1 rings (SSSR count). The van der Waals surface area contributed by atoms with Gasteiger partial charge in [0.15, 0.2) is 0 Å². The summed E-state index contributed by atoms with van der Waals surface area (Å²) in [5, 5.41) is 3.26. The summed E-state index contributed by atoms with van der Waals surface area (Å²) in [5.74, 6) is 2.81. The van der Waals surface area contributed by atoms with Gasteiger partial charge in [0, 0.05) is 0 Å². The predicted octanol–water partition coefficient (Wildman–Crippen LogP) is 2.50. The van der Waals surface area contributed by atoms with Crippen LogP contribution >= 0.6 is 0 Å². The molecule has 0 bridgehead atoms. The van der Waals surface area contributed by atoms with E-state index in [-0.39, 0.29) is 0 Å². The normalized spacial score (nSPS) is 27.6. The number of nitrogens with one attached hydrogen (secondary N) is 1. The van der Waals surface area contributed by atoms with Crippen LogP contribution in [0.5, 0.6) is 0 Å². The highest BCUT2D eigenvalue weighted by Crippen LogP contribution is 2.40. The summed E-state index contributed by atoms with van der Waals surface area (Å²) in [6, 6.07) is 0. The van der Waals surface area contributed by atoms with Crippen molar-refractivity contribution in [3.63, 3.8) is 0 Å². The van der Waals surface area contributed by atoms with Crippen LogP contribution in [-0.4, -0.2) is 26.7 Å². The second-order valence-electron chi connectivity index (χ2n) is 6.31. The van der Waals surface area contributed by atoms with Gasteiger partial charge in [-0.1, -0.05) is 6.42 Å². The predicted molar refractivity (Wildman–Crippen MR) is 84.1 cm³/mol. The Morgan fingerprint density at radius 3 is 2.21 bits per heavy atom. The van der Waals surface area contributed by atoms with Gasteiger partial charge in [-0.15, -0.1) is 0 Å². The Kier molecular flexibility index (Phi) is 9.48. The third-order valence-electron chi connectivity index (χ3n) is 4.85. The Balaban J connectivity index is 2.35. The molecule has 3 unspecified atom stereocenters. The molecular formula is C16H35N3. The van der Waals surface area contributed by atoms with Gasteiger partial charge < -0.3 is 16.8 Å². The maximum atomic E-state index is 5.70. The molecule has 0 radical (unpaired) electrons. The van der Waals surface area contributed by atoms with Crippen molar-refractivity contribution in [2.75, 3.05) is 26.7 Å². The van der Waals surface area contributed by atoms with Crippen LogP contribution in [0.15, 0.2) is 0 Å². The summed E-state index contributed by atoms with van der Waals surface area (Å²) in [4.78, 5) is 0. The van der Waals surface area contributed by atoms with Crippen LogP contribution in [0, 0.1) is 17.8 Å². The summed E-state index contributed by atoms with van der Waals surface area (Å²) >= 11 is 0. The van der Waals surface area contributed by atoms with Gasteiger partial charge in [-0.25, -0.2) is 0 Å². The quantitative estimate of drug-likeness (QED) is 0.534. The minimum absolute atomic E-state index is 0.852. The summed E-state index contributed by atoms with van der Waals surface area (Å²) in [5.41, 5.74) is 11.4. The van der Waals surface area contributed by atoms with Crippen LogP contribution in [-0.2, 0) is 0 Å². The molecule has 1 fully saturated rings. The molecular weight excluding hydrogens is 234 g/mol. The van der Waals surface area contributed by atoms with Gasteiger partial charge in [-0.2, -0.15) is 0 Å². The van der Waals surface area contributed by atoms with E-state index in [1.165, 1.54) is 64.3 Å². The van der Waals surface area contributed by atoms with E-state index in [4.69, 9.17) is 11.5 Å². The standard InChI is InChI=1S/C16H35N3/c1-19-12-4-5-14-8-9-15(6-2-10-17)16(13-14)7-3-11-18/h14-16,19H,2-13,17-18H2,1H3. The Bertz CT molecular complexity index is 208. The zero-order valence-corrected chi connectivity index (χ0v) is 12.9. The van der Waals surface area contributed by atoms with E-state index in [1.54, 1.807) is 0 Å². The summed E-state index contributed by atoms with van der Waals surface area (Å²) in [6.07, 6.45) is 12.1. The summed E-state index contributed by atoms with van der Waals surface area (Å²) in [6.45, 7) is 2.87. The zero-order chi connectivity index (χ0) is 13.9. The highest BCUT2D eigenvalue weighted by Gasteiger charge is 2.29. The highest BCUT2D eigenvalue weighted by molar-refractivity contribution is 4.80. The molecule has 0 amide bonds. The van der Waals surface area contributed by atoms with Crippen LogP contribution in [0.2, 0.25) is 0 Å². The van der Waals surface area contributed by atoms with Crippen molar-refractivity contribution in [1.29, 1.82) is 0 Å². The molecule has 1 aliphatic carbocycles. The lowest BCUT2D eigenvalue weighted by Crippen LogP contribution is -2.26. The smallest absolute Gasteiger partial charge is 0.00518 e. The second-order valence-corrected chi connectivity index (χ2v) is 6.31. The summed E-state index contributed by atoms with van der Waals surface area (Å²) < 4.78 is 0. The van der Waals surface area contributed by atoms with Crippen LogP contribution in [0.25, 0.3) is 0 Å².